The predicted octanol–water partition coefficient (Wildman–Crippen LogP) is 3.52. The van der Waals surface area contributed by atoms with Crippen molar-refractivity contribution in [3.63, 3.8) is 0 Å². The Balaban J connectivity index is 1.34. The number of nitrogens with zero attached hydrogens (tertiary/aromatic N) is 2. The molecule has 0 radical (unpaired) electrons. The van der Waals surface area contributed by atoms with Crippen molar-refractivity contribution in [2.24, 2.45) is 5.92 Å². The molecule has 1 aliphatic heterocycles. The minimum atomic E-state index is -0.0320. The molecular formula is C25H34N4O2. The molecule has 166 valence electrons. The first kappa shape index (κ1) is 22.9. The van der Waals surface area contributed by atoms with Crippen LogP contribution in [0.4, 0.5) is 5.82 Å². The van der Waals surface area contributed by atoms with Gasteiger partial charge in [-0.15, -0.1) is 0 Å². The van der Waals surface area contributed by atoms with Gasteiger partial charge in [-0.2, -0.15) is 0 Å². The number of piperidine rings is 1. The fourth-order valence-electron chi connectivity index (χ4n) is 3.86. The fourth-order valence-corrected chi connectivity index (χ4v) is 3.86. The summed E-state index contributed by atoms with van der Waals surface area (Å²) in [7, 11) is 0. The molecule has 1 aliphatic rings. The van der Waals surface area contributed by atoms with E-state index in [0.717, 1.165) is 37.9 Å². The van der Waals surface area contributed by atoms with E-state index in [-0.39, 0.29) is 17.7 Å². The molecule has 6 heteroatoms. The van der Waals surface area contributed by atoms with E-state index in [0.29, 0.717) is 24.8 Å². The van der Waals surface area contributed by atoms with Crippen LogP contribution in [0.5, 0.6) is 0 Å². The number of carbonyl (C=O) groups is 2. The summed E-state index contributed by atoms with van der Waals surface area (Å²) in [6.45, 7) is 8.88. The van der Waals surface area contributed by atoms with Crippen molar-refractivity contribution in [1.29, 1.82) is 0 Å². The normalized spacial score (nSPS) is 15.1. The Kier molecular flexibility index (Phi) is 8.18. The maximum Gasteiger partial charge on any atom is 0.234 e. The van der Waals surface area contributed by atoms with E-state index in [2.05, 4.69) is 58.6 Å². The second-order valence-electron chi connectivity index (χ2n) is 8.75. The van der Waals surface area contributed by atoms with Crippen molar-refractivity contribution >= 4 is 17.6 Å². The summed E-state index contributed by atoms with van der Waals surface area (Å²) in [4.78, 5) is 31.1. The molecule has 0 spiro atoms. The van der Waals surface area contributed by atoms with Crippen LogP contribution in [-0.2, 0) is 16.0 Å². The van der Waals surface area contributed by atoms with Crippen LogP contribution >= 0.6 is 0 Å². The highest BCUT2D eigenvalue weighted by atomic mass is 16.2. The van der Waals surface area contributed by atoms with Gasteiger partial charge in [-0.25, -0.2) is 4.98 Å². The second kappa shape index (κ2) is 11.0. The second-order valence-corrected chi connectivity index (χ2v) is 8.75. The van der Waals surface area contributed by atoms with Crippen molar-refractivity contribution in [3.8, 4) is 0 Å². The number of aryl methyl sites for hydroxylation is 1. The third kappa shape index (κ3) is 7.17. The lowest BCUT2D eigenvalue weighted by Gasteiger charge is -2.30. The summed E-state index contributed by atoms with van der Waals surface area (Å²) in [5, 5.41) is 5.93. The Labute approximate surface area is 185 Å². The number of benzene rings is 1. The molecule has 2 amide bonds. The van der Waals surface area contributed by atoms with Crippen LogP contribution in [0.25, 0.3) is 0 Å². The molecule has 0 bridgehead atoms. The SMILES string of the molecule is Cc1ccnc(NC(=O)C2CCN(CC(=O)NCCc3ccc(C(C)C)cc3)CC2)c1. The lowest BCUT2D eigenvalue weighted by atomic mass is 9.96. The average molecular weight is 423 g/mol. The van der Waals surface area contributed by atoms with E-state index in [1.165, 1.54) is 11.1 Å². The molecule has 0 atom stereocenters. The van der Waals surface area contributed by atoms with Crippen LogP contribution in [0.3, 0.4) is 0 Å². The van der Waals surface area contributed by atoms with Gasteiger partial charge in [0.25, 0.3) is 0 Å². The molecule has 6 nitrogen and oxygen atoms in total. The minimum absolute atomic E-state index is 0.0192. The molecule has 2 heterocycles. The van der Waals surface area contributed by atoms with E-state index < -0.39 is 0 Å². The van der Waals surface area contributed by atoms with Crippen LogP contribution in [-0.4, -0.2) is 47.9 Å². The lowest BCUT2D eigenvalue weighted by molar-refractivity contribution is -0.123. The molecule has 1 aromatic heterocycles. The van der Waals surface area contributed by atoms with E-state index in [9.17, 15) is 9.59 Å². The average Bonchev–Trinajstić information content (AvgIpc) is 2.74. The molecule has 31 heavy (non-hydrogen) atoms. The zero-order valence-corrected chi connectivity index (χ0v) is 18.9. The highest BCUT2D eigenvalue weighted by Crippen LogP contribution is 2.19. The number of nitrogens with one attached hydrogen (secondary N) is 2. The van der Waals surface area contributed by atoms with Crippen LogP contribution in [0.1, 0.15) is 49.3 Å². The van der Waals surface area contributed by atoms with Crippen molar-refractivity contribution in [2.45, 2.75) is 46.0 Å². The number of hydrogen-bond acceptors (Lipinski definition) is 4. The summed E-state index contributed by atoms with van der Waals surface area (Å²) >= 11 is 0. The summed E-state index contributed by atoms with van der Waals surface area (Å²) in [6.07, 6.45) is 4.05. The predicted molar refractivity (Wildman–Crippen MR) is 124 cm³/mol. The molecular weight excluding hydrogens is 388 g/mol. The standard InChI is InChI=1S/C25H34N4O2/c1-18(2)21-6-4-20(5-7-21)9-13-27-24(30)17-29-14-10-22(11-15-29)25(31)28-23-16-19(3)8-12-26-23/h4-8,12,16,18,22H,9-11,13-15,17H2,1-3H3,(H,27,30)(H,26,28,31). The topological polar surface area (TPSA) is 74.3 Å². The monoisotopic (exact) mass is 422 g/mol. The Bertz CT molecular complexity index is 871. The van der Waals surface area contributed by atoms with E-state index >= 15 is 0 Å². The number of pyridine rings is 1. The van der Waals surface area contributed by atoms with Crippen LogP contribution in [0.15, 0.2) is 42.6 Å². The molecule has 2 aromatic rings. The quantitative estimate of drug-likeness (QED) is 0.683. The number of aromatic nitrogens is 1. The molecule has 1 aromatic carbocycles. The molecule has 0 aliphatic carbocycles. The summed E-state index contributed by atoms with van der Waals surface area (Å²) < 4.78 is 0. The minimum Gasteiger partial charge on any atom is -0.355 e. The number of anilines is 1. The van der Waals surface area contributed by atoms with Crippen LogP contribution in [0.2, 0.25) is 0 Å². The van der Waals surface area contributed by atoms with Gasteiger partial charge in [0.05, 0.1) is 6.54 Å². The van der Waals surface area contributed by atoms with Gasteiger partial charge >= 0.3 is 0 Å². The first-order valence-corrected chi connectivity index (χ1v) is 11.2. The Morgan fingerprint density at radius 2 is 1.84 bits per heavy atom. The Hall–Kier alpha value is -2.73. The van der Waals surface area contributed by atoms with E-state index in [1.807, 2.05) is 19.1 Å². The highest BCUT2D eigenvalue weighted by Gasteiger charge is 2.26. The van der Waals surface area contributed by atoms with Gasteiger partial charge in [0, 0.05) is 18.7 Å². The van der Waals surface area contributed by atoms with Crippen LogP contribution in [0, 0.1) is 12.8 Å². The van der Waals surface area contributed by atoms with Crippen molar-refractivity contribution in [3.05, 3.63) is 59.3 Å². The zero-order chi connectivity index (χ0) is 22.2. The fraction of sp³-hybridized carbons (Fsp3) is 0.480. The summed E-state index contributed by atoms with van der Waals surface area (Å²) in [5.74, 6) is 1.17. The molecule has 0 unspecified atom stereocenters. The Morgan fingerprint density at radius 3 is 2.48 bits per heavy atom. The van der Waals surface area contributed by atoms with Gasteiger partial charge in [-0.05, 0) is 74.0 Å². The van der Waals surface area contributed by atoms with Gasteiger partial charge in [0.15, 0.2) is 0 Å². The first-order valence-electron chi connectivity index (χ1n) is 11.2. The summed E-state index contributed by atoms with van der Waals surface area (Å²) in [6, 6.07) is 12.4. The van der Waals surface area contributed by atoms with Crippen molar-refractivity contribution < 1.29 is 9.59 Å². The van der Waals surface area contributed by atoms with Crippen molar-refractivity contribution in [1.82, 2.24) is 15.2 Å². The molecule has 3 rings (SSSR count). The number of hydrogen-bond donors (Lipinski definition) is 2. The third-order valence-electron chi connectivity index (χ3n) is 5.87. The molecule has 0 saturated carbocycles. The Morgan fingerprint density at radius 1 is 1.13 bits per heavy atom. The highest BCUT2D eigenvalue weighted by molar-refractivity contribution is 5.91. The van der Waals surface area contributed by atoms with E-state index in [4.69, 9.17) is 0 Å². The number of rotatable bonds is 8. The van der Waals surface area contributed by atoms with Gasteiger partial charge in [0.2, 0.25) is 11.8 Å². The third-order valence-corrected chi connectivity index (χ3v) is 5.87. The number of likely N-dealkylation sites (tertiary alicyclic amines) is 1. The van der Waals surface area contributed by atoms with Gasteiger partial charge in [-0.1, -0.05) is 38.1 Å². The molecule has 1 fully saturated rings. The first-order chi connectivity index (χ1) is 14.9. The molecule has 2 N–H and O–H groups in total. The van der Waals surface area contributed by atoms with Gasteiger partial charge in [0.1, 0.15) is 5.82 Å². The van der Waals surface area contributed by atoms with Gasteiger partial charge < -0.3 is 10.6 Å². The van der Waals surface area contributed by atoms with Crippen LogP contribution < -0.4 is 10.6 Å². The summed E-state index contributed by atoms with van der Waals surface area (Å²) in [5.41, 5.74) is 3.64. The maximum atomic E-state index is 12.5. The lowest BCUT2D eigenvalue weighted by Crippen LogP contribution is -2.43. The van der Waals surface area contributed by atoms with Crippen molar-refractivity contribution in [2.75, 3.05) is 31.5 Å². The number of amides is 2. The maximum absolute atomic E-state index is 12.5. The van der Waals surface area contributed by atoms with Gasteiger partial charge in [-0.3, -0.25) is 14.5 Å². The molecule has 1 saturated heterocycles. The number of carbonyl (C=O) groups excluding carboxylic acids is 2. The zero-order valence-electron chi connectivity index (χ0n) is 18.9. The smallest absolute Gasteiger partial charge is 0.234 e. The largest absolute Gasteiger partial charge is 0.355 e. The van der Waals surface area contributed by atoms with E-state index in [1.54, 1.807) is 6.20 Å².